The van der Waals surface area contributed by atoms with Crippen molar-refractivity contribution in [3.63, 3.8) is 0 Å². The van der Waals surface area contributed by atoms with E-state index >= 15 is 0 Å². The number of hydrogen-bond acceptors (Lipinski definition) is 7. The first-order valence-electron chi connectivity index (χ1n) is 13.9. The van der Waals surface area contributed by atoms with Crippen molar-refractivity contribution in [2.45, 2.75) is 115 Å². The zero-order valence-corrected chi connectivity index (χ0v) is 22.2. The van der Waals surface area contributed by atoms with Gasteiger partial charge in [0, 0.05) is 7.11 Å². The molecule has 4 saturated carbocycles. The highest BCUT2D eigenvalue weighted by molar-refractivity contribution is 5.73. The molecule has 1 saturated heterocycles. The van der Waals surface area contributed by atoms with Crippen molar-refractivity contribution < 1.29 is 34.0 Å². The standard InChI is InChI=1S/C28H46O7/c1-15-22(29)24(32-4)23(30)26(34-15)35-17-10-12-27(2)16(14-17)6-7-18-19-8-9-21(25(31)33-5)28(19,3)13-11-20(18)27/h15-24,26,29-30H,6-14H2,1-5H3. The van der Waals surface area contributed by atoms with E-state index in [2.05, 4.69) is 13.8 Å². The van der Waals surface area contributed by atoms with E-state index in [9.17, 15) is 15.0 Å². The molecule has 5 rings (SSSR count). The van der Waals surface area contributed by atoms with Crippen molar-refractivity contribution in [2.75, 3.05) is 14.2 Å². The van der Waals surface area contributed by atoms with Crippen molar-refractivity contribution in [1.29, 1.82) is 0 Å². The molecule has 0 aromatic rings. The lowest BCUT2D eigenvalue weighted by atomic mass is 9.44. The summed E-state index contributed by atoms with van der Waals surface area (Å²) < 4.78 is 22.7. The first-order chi connectivity index (χ1) is 16.6. The minimum absolute atomic E-state index is 0.00401. The van der Waals surface area contributed by atoms with Gasteiger partial charge in [-0.25, -0.2) is 0 Å². The summed E-state index contributed by atoms with van der Waals surface area (Å²) in [6, 6.07) is 0. The van der Waals surface area contributed by atoms with Gasteiger partial charge in [0.05, 0.1) is 25.2 Å². The van der Waals surface area contributed by atoms with Crippen LogP contribution in [0, 0.1) is 40.4 Å². The van der Waals surface area contributed by atoms with Gasteiger partial charge in [-0.3, -0.25) is 4.79 Å². The maximum Gasteiger partial charge on any atom is 0.309 e. The van der Waals surface area contributed by atoms with Crippen LogP contribution in [0.15, 0.2) is 0 Å². The number of esters is 1. The summed E-state index contributed by atoms with van der Waals surface area (Å²) in [7, 11) is 3.04. The molecule has 13 unspecified atom stereocenters. The summed E-state index contributed by atoms with van der Waals surface area (Å²) in [4.78, 5) is 12.5. The monoisotopic (exact) mass is 494 g/mol. The Bertz CT molecular complexity index is 789. The van der Waals surface area contributed by atoms with Crippen molar-refractivity contribution >= 4 is 5.97 Å². The van der Waals surface area contributed by atoms with E-state index in [-0.39, 0.29) is 23.4 Å². The second kappa shape index (κ2) is 9.54. The van der Waals surface area contributed by atoms with Crippen molar-refractivity contribution in [2.24, 2.45) is 40.4 Å². The topological polar surface area (TPSA) is 94.5 Å². The van der Waals surface area contributed by atoms with Crippen LogP contribution in [0.25, 0.3) is 0 Å². The van der Waals surface area contributed by atoms with Gasteiger partial charge in [0.1, 0.15) is 18.3 Å². The molecule has 0 bridgehead atoms. The fourth-order valence-electron chi connectivity index (χ4n) is 9.45. The maximum absolute atomic E-state index is 12.5. The Morgan fingerprint density at radius 3 is 2.34 bits per heavy atom. The summed E-state index contributed by atoms with van der Waals surface area (Å²) in [5.41, 5.74) is 0.392. The molecular formula is C28H46O7. The predicted octanol–water partition coefficient (Wildman–Crippen LogP) is 3.69. The zero-order valence-electron chi connectivity index (χ0n) is 22.2. The molecule has 4 aliphatic carbocycles. The Labute approximate surface area is 210 Å². The summed E-state index contributed by atoms with van der Waals surface area (Å²) in [6.45, 7) is 6.68. The van der Waals surface area contributed by atoms with Crippen LogP contribution in [0.4, 0.5) is 0 Å². The molecule has 200 valence electrons. The lowest BCUT2D eigenvalue weighted by molar-refractivity contribution is -0.312. The van der Waals surface area contributed by atoms with Crippen molar-refractivity contribution in [3.8, 4) is 0 Å². The zero-order chi connectivity index (χ0) is 25.1. The second-order valence-electron chi connectivity index (χ2n) is 12.8. The average molecular weight is 495 g/mol. The molecule has 2 N–H and O–H groups in total. The molecule has 1 heterocycles. The first-order valence-corrected chi connectivity index (χ1v) is 13.9. The lowest BCUT2D eigenvalue weighted by Crippen LogP contribution is -2.59. The van der Waals surface area contributed by atoms with Gasteiger partial charge in [0.2, 0.25) is 0 Å². The minimum Gasteiger partial charge on any atom is -0.469 e. The van der Waals surface area contributed by atoms with E-state index in [4.69, 9.17) is 18.9 Å². The number of aliphatic hydroxyl groups excluding tert-OH is 2. The second-order valence-corrected chi connectivity index (χ2v) is 12.8. The van der Waals surface area contributed by atoms with Crippen LogP contribution in [0.5, 0.6) is 0 Å². The SMILES string of the molecule is COC(=O)C1CCC2C3CCC4CC(OC5OC(C)C(O)C(OC)C5O)CCC4(C)C3CCC12C. The van der Waals surface area contributed by atoms with Crippen molar-refractivity contribution in [1.82, 2.24) is 0 Å². The average Bonchev–Trinajstić information content (AvgIpc) is 3.20. The summed E-state index contributed by atoms with van der Waals surface area (Å²) in [5.74, 6) is 2.70. The Kier molecular flexibility index (Phi) is 7.06. The van der Waals surface area contributed by atoms with Gasteiger partial charge in [-0.1, -0.05) is 13.8 Å². The number of carbonyl (C=O) groups is 1. The molecule has 0 radical (unpaired) electrons. The van der Waals surface area contributed by atoms with Gasteiger partial charge in [0.25, 0.3) is 0 Å². The van der Waals surface area contributed by atoms with E-state index in [0.29, 0.717) is 29.1 Å². The Morgan fingerprint density at radius 2 is 1.63 bits per heavy atom. The third kappa shape index (κ3) is 4.08. The van der Waals surface area contributed by atoms with E-state index in [1.54, 1.807) is 6.92 Å². The van der Waals surface area contributed by atoms with Crippen LogP contribution in [0.1, 0.15) is 78.6 Å². The van der Waals surface area contributed by atoms with E-state index in [1.165, 1.54) is 33.5 Å². The van der Waals surface area contributed by atoms with Crippen LogP contribution >= 0.6 is 0 Å². The number of rotatable bonds is 4. The largest absolute Gasteiger partial charge is 0.469 e. The number of carbonyl (C=O) groups excluding carboxylic acids is 1. The molecule has 0 aromatic carbocycles. The van der Waals surface area contributed by atoms with Crippen LogP contribution in [0.2, 0.25) is 0 Å². The molecule has 1 aliphatic heterocycles. The molecule has 35 heavy (non-hydrogen) atoms. The molecule has 7 nitrogen and oxygen atoms in total. The Balaban J connectivity index is 1.25. The lowest BCUT2D eigenvalue weighted by Gasteiger charge is -2.61. The fraction of sp³-hybridized carbons (Fsp3) is 0.964. The van der Waals surface area contributed by atoms with Gasteiger partial charge in [-0.15, -0.1) is 0 Å². The molecule has 0 amide bonds. The molecule has 5 fully saturated rings. The van der Waals surface area contributed by atoms with Crippen LogP contribution in [-0.4, -0.2) is 67.2 Å². The van der Waals surface area contributed by atoms with Crippen LogP contribution in [0.3, 0.4) is 0 Å². The molecule has 13 atom stereocenters. The van der Waals surface area contributed by atoms with E-state index in [0.717, 1.165) is 38.5 Å². The molecule has 0 aromatic heterocycles. The number of fused-ring (bicyclic) bond motifs is 5. The number of hydrogen-bond donors (Lipinski definition) is 2. The fourth-order valence-corrected chi connectivity index (χ4v) is 9.45. The molecule has 5 aliphatic rings. The summed E-state index contributed by atoms with van der Waals surface area (Å²) in [6.07, 6.45) is 6.25. The smallest absolute Gasteiger partial charge is 0.309 e. The predicted molar refractivity (Wildman–Crippen MR) is 129 cm³/mol. The highest BCUT2D eigenvalue weighted by Gasteiger charge is 2.61. The van der Waals surface area contributed by atoms with Crippen molar-refractivity contribution in [3.05, 3.63) is 0 Å². The van der Waals surface area contributed by atoms with Gasteiger partial charge >= 0.3 is 5.97 Å². The van der Waals surface area contributed by atoms with Gasteiger partial charge in [-0.05, 0) is 99.2 Å². The Hall–Kier alpha value is -0.730. The highest BCUT2D eigenvalue weighted by Crippen LogP contribution is 2.67. The number of methoxy groups -OCH3 is 2. The number of ether oxygens (including phenoxy) is 4. The van der Waals surface area contributed by atoms with Crippen LogP contribution in [-0.2, 0) is 23.7 Å². The normalized spacial score (nSPS) is 53.9. The minimum atomic E-state index is -1.00. The summed E-state index contributed by atoms with van der Waals surface area (Å²) >= 11 is 0. The van der Waals surface area contributed by atoms with E-state index < -0.39 is 30.7 Å². The Morgan fingerprint density at radius 1 is 0.914 bits per heavy atom. The quantitative estimate of drug-likeness (QED) is 0.455. The summed E-state index contributed by atoms with van der Waals surface area (Å²) in [5, 5.41) is 21.0. The maximum atomic E-state index is 12.5. The number of aliphatic hydroxyl groups is 2. The molecule has 0 spiro atoms. The third-order valence-electron chi connectivity index (χ3n) is 11.5. The van der Waals surface area contributed by atoms with Crippen LogP contribution < -0.4 is 0 Å². The molecule has 7 heteroatoms. The third-order valence-corrected chi connectivity index (χ3v) is 11.5. The molecular weight excluding hydrogens is 448 g/mol. The van der Waals surface area contributed by atoms with Gasteiger partial charge in [0.15, 0.2) is 6.29 Å². The van der Waals surface area contributed by atoms with E-state index in [1.807, 2.05) is 0 Å². The highest BCUT2D eigenvalue weighted by atomic mass is 16.7. The first kappa shape index (κ1) is 25.9. The van der Waals surface area contributed by atoms with Gasteiger partial charge < -0.3 is 29.2 Å². The van der Waals surface area contributed by atoms with Gasteiger partial charge in [-0.2, -0.15) is 0 Å².